The molecule has 0 aliphatic heterocycles. The molecule has 0 rings (SSSR count). The van der Waals surface area contributed by atoms with Crippen LogP contribution in [0.5, 0.6) is 0 Å². The number of ether oxygens (including phenoxy) is 1. The van der Waals surface area contributed by atoms with E-state index >= 15 is 0 Å². The predicted molar refractivity (Wildman–Crippen MR) is 35.4 cm³/mol. The number of hydrogen-bond donors (Lipinski definition) is 0. The van der Waals surface area contributed by atoms with E-state index in [0.717, 1.165) is 0 Å². The SMILES string of the molecule is [Br-].[CH2-]C(=C=O)OC(C)(C)C.[Zn+2]. The molecule has 0 radical (unpaired) electrons. The van der Waals surface area contributed by atoms with Crippen LogP contribution in [0.25, 0.3) is 0 Å². The summed E-state index contributed by atoms with van der Waals surface area (Å²) < 4.78 is 4.97. The summed E-state index contributed by atoms with van der Waals surface area (Å²) in [5.41, 5.74) is -0.339. The Hall–Kier alpha value is 0.223. The first kappa shape index (κ1) is 17.3. The van der Waals surface area contributed by atoms with E-state index in [1.807, 2.05) is 20.8 Å². The van der Waals surface area contributed by atoms with E-state index in [1.54, 1.807) is 5.94 Å². The van der Waals surface area contributed by atoms with Gasteiger partial charge in [-0.3, -0.25) is 0 Å². The molecule has 0 fully saturated rings. The van der Waals surface area contributed by atoms with Gasteiger partial charge in [-0.15, -0.1) is 0 Å². The van der Waals surface area contributed by atoms with Gasteiger partial charge in [0, 0.05) is 5.76 Å². The van der Waals surface area contributed by atoms with Crippen LogP contribution in [0.4, 0.5) is 0 Å². The van der Waals surface area contributed by atoms with Crippen LogP contribution in [0, 0.1) is 6.92 Å². The number of allylic oxidation sites excluding steroid dienone is 1. The van der Waals surface area contributed by atoms with Crippen molar-refractivity contribution >= 4 is 5.94 Å². The fraction of sp³-hybridized carbons (Fsp3) is 0.571. The molecule has 0 aromatic rings. The van der Waals surface area contributed by atoms with Gasteiger partial charge in [0.25, 0.3) is 0 Å². The molecule has 0 aromatic heterocycles. The van der Waals surface area contributed by atoms with Gasteiger partial charge in [0.2, 0.25) is 0 Å². The Morgan fingerprint density at radius 3 is 1.91 bits per heavy atom. The molecule has 0 N–H and O–H groups in total. The molecule has 0 aromatic carbocycles. The maximum Gasteiger partial charge on any atom is 2.00 e. The molecule has 0 atom stereocenters. The number of halogens is 1. The zero-order chi connectivity index (χ0) is 7.49. The van der Waals surface area contributed by atoms with Crippen molar-refractivity contribution in [3.8, 4) is 0 Å². The van der Waals surface area contributed by atoms with E-state index in [9.17, 15) is 4.79 Å². The van der Waals surface area contributed by atoms with Gasteiger partial charge < -0.3 is 26.5 Å². The molecule has 11 heavy (non-hydrogen) atoms. The van der Waals surface area contributed by atoms with Crippen molar-refractivity contribution in [3.63, 3.8) is 0 Å². The molecule has 0 unspecified atom stereocenters. The Morgan fingerprint density at radius 2 is 1.82 bits per heavy atom. The molecule has 0 aliphatic carbocycles. The molecular weight excluding hydrogens is 261 g/mol. The van der Waals surface area contributed by atoms with Gasteiger partial charge in [-0.2, -0.15) is 6.92 Å². The minimum atomic E-state index is -0.339. The molecule has 0 amide bonds. The standard InChI is InChI=1S/C7H11O2.BrH.Zn/c1-6(5-8)9-7(2,3)4;;/h1H2,2-4H3;1H;/q-1;;+2/p-1. The molecule has 4 heteroatoms. The Balaban J connectivity index is -0.000000320. The van der Waals surface area contributed by atoms with Gasteiger partial charge in [0.05, 0.1) is 5.60 Å². The van der Waals surface area contributed by atoms with Gasteiger partial charge in [-0.05, 0) is 20.8 Å². The van der Waals surface area contributed by atoms with Gasteiger partial charge >= 0.3 is 19.5 Å². The summed E-state index contributed by atoms with van der Waals surface area (Å²) in [5.74, 6) is 1.61. The first-order valence-electron chi connectivity index (χ1n) is 2.72. The predicted octanol–water partition coefficient (Wildman–Crippen LogP) is -1.65. The Labute approximate surface area is 90.9 Å². The molecule has 60 valence electrons. The van der Waals surface area contributed by atoms with Crippen molar-refractivity contribution in [2.75, 3.05) is 0 Å². The van der Waals surface area contributed by atoms with E-state index in [-0.39, 0.29) is 47.8 Å². The Kier molecular flexibility index (Phi) is 10.9. The third-order valence-corrected chi connectivity index (χ3v) is 0.543. The van der Waals surface area contributed by atoms with Gasteiger partial charge in [0.15, 0.2) is 0 Å². The van der Waals surface area contributed by atoms with Gasteiger partial charge in [-0.25, -0.2) is 0 Å². The van der Waals surface area contributed by atoms with E-state index in [0.29, 0.717) is 0 Å². The summed E-state index contributed by atoms with van der Waals surface area (Å²) in [6.07, 6.45) is 0. The number of hydrogen-bond acceptors (Lipinski definition) is 2. The quantitative estimate of drug-likeness (QED) is 0.248. The van der Waals surface area contributed by atoms with Crippen molar-refractivity contribution in [2.24, 2.45) is 0 Å². The topological polar surface area (TPSA) is 26.3 Å². The van der Waals surface area contributed by atoms with Crippen LogP contribution in [0.2, 0.25) is 0 Å². The van der Waals surface area contributed by atoms with E-state index in [2.05, 4.69) is 6.92 Å². The fourth-order valence-corrected chi connectivity index (χ4v) is 0.390. The van der Waals surface area contributed by atoms with E-state index in [1.165, 1.54) is 0 Å². The maximum absolute atomic E-state index is 9.83. The van der Waals surface area contributed by atoms with Crippen LogP contribution in [-0.4, -0.2) is 11.5 Å². The summed E-state index contributed by atoms with van der Waals surface area (Å²) in [5, 5.41) is 0. The number of carbonyl (C=O) groups excluding carboxylic acids is 1. The number of rotatable bonds is 1. The average molecular weight is 272 g/mol. The monoisotopic (exact) mass is 270 g/mol. The van der Waals surface area contributed by atoms with Gasteiger partial charge in [0.1, 0.15) is 0 Å². The van der Waals surface area contributed by atoms with Crippen LogP contribution in [0.3, 0.4) is 0 Å². The minimum Gasteiger partial charge on any atom is -1.00 e. The van der Waals surface area contributed by atoms with E-state index < -0.39 is 0 Å². The van der Waals surface area contributed by atoms with Crippen molar-refractivity contribution in [2.45, 2.75) is 26.4 Å². The van der Waals surface area contributed by atoms with Crippen molar-refractivity contribution in [1.82, 2.24) is 0 Å². The van der Waals surface area contributed by atoms with Crippen LogP contribution >= 0.6 is 0 Å². The third-order valence-electron chi connectivity index (χ3n) is 0.543. The molecule has 2 nitrogen and oxygen atoms in total. The largest absolute Gasteiger partial charge is 2.00 e. The second-order valence-corrected chi connectivity index (χ2v) is 2.74. The molecule has 0 bridgehead atoms. The van der Waals surface area contributed by atoms with Crippen molar-refractivity contribution < 1.29 is 46.0 Å². The average Bonchev–Trinajstić information content (AvgIpc) is 1.62. The summed E-state index contributed by atoms with van der Waals surface area (Å²) in [6, 6.07) is 0. The van der Waals surface area contributed by atoms with E-state index in [4.69, 9.17) is 4.74 Å². The summed E-state index contributed by atoms with van der Waals surface area (Å²) in [7, 11) is 0. The Bertz CT molecular complexity index is 145. The van der Waals surface area contributed by atoms with Crippen LogP contribution in [-0.2, 0) is 29.0 Å². The third kappa shape index (κ3) is 13.2. The zero-order valence-electron chi connectivity index (χ0n) is 7.11. The molecule has 0 spiro atoms. The minimum absolute atomic E-state index is 0. The zero-order valence-corrected chi connectivity index (χ0v) is 11.7. The first-order chi connectivity index (χ1) is 3.95. The first-order valence-corrected chi connectivity index (χ1v) is 2.72. The smallest absolute Gasteiger partial charge is 1.00 e. The molecular formula is C7H11BrO2Zn. The maximum atomic E-state index is 9.83. The van der Waals surface area contributed by atoms with Gasteiger partial charge in [-0.1, -0.05) is 5.94 Å². The Morgan fingerprint density at radius 1 is 1.45 bits per heavy atom. The molecule has 0 aliphatic rings. The molecule has 0 saturated carbocycles. The summed E-state index contributed by atoms with van der Waals surface area (Å²) in [6.45, 7) is 8.84. The van der Waals surface area contributed by atoms with Crippen molar-refractivity contribution in [3.05, 3.63) is 12.7 Å². The second-order valence-electron chi connectivity index (χ2n) is 2.74. The van der Waals surface area contributed by atoms with Crippen LogP contribution in [0.15, 0.2) is 5.76 Å². The fourth-order valence-electron chi connectivity index (χ4n) is 0.390. The van der Waals surface area contributed by atoms with Crippen molar-refractivity contribution in [1.29, 1.82) is 0 Å². The molecule has 0 saturated heterocycles. The second kappa shape index (κ2) is 6.90. The summed E-state index contributed by atoms with van der Waals surface area (Å²) >= 11 is 0. The normalized spacial score (nSPS) is 8.27. The summed E-state index contributed by atoms with van der Waals surface area (Å²) in [4.78, 5) is 9.83. The molecule has 0 heterocycles. The van der Waals surface area contributed by atoms with Crippen LogP contribution in [0.1, 0.15) is 20.8 Å². The van der Waals surface area contributed by atoms with Crippen LogP contribution < -0.4 is 17.0 Å².